The third kappa shape index (κ3) is 5.73. The Balaban J connectivity index is 1.38. The molecule has 5 rings (SSSR count). The minimum atomic E-state index is -3.33. The standard InChI is InChI=1S/C30H32ClN3O4S/c1-3-28-26(15-21-7-10-23(31)17-25(21)19-5-6-19)32-29-16-22(13-14-34(28)29)30(36)33-27(18-35)20-8-11-24(12-9-20)39(37,38)4-2/h7-14,16-17,19,27,35H,3-6,15,18H2,1-2H3,(H,33,36)/t27-/m0/s1. The van der Waals surface area contributed by atoms with Crippen LogP contribution in [0.4, 0.5) is 0 Å². The molecule has 1 saturated carbocycles. The number of carbonyl (C=O) groups is 1. The highest BCUT2D eigenvalue weighted by molar-refractivity contribution is 7.91. The first-order valence-corrected chi connectivity index (χ1v) is 15.3. The minimum absolute atomic E-state index is 0.00556. The van der Waals surface area contributed by atoms with Crippen molar-refractivity contribution in [1.82, 2.24) is 14.7 Å². The smallest absolute Gasteiger partial charge is 0.252 e. The number of aromatic nitrogens is 2. The fourth-order valence-corrected chi connectivity index (χ4v) is 6.10. The number of hydrogen-bond acceptors (Lipinski definition) is 5. The highest BCUT2D eigenvalue weighted by Crippen LogP contribution is 2.43. The van der Waals surface area contributed by atoms with Crippen LogP contribution in [0.3, 0.4) is 0 Å². The fourth-order valence-electron chi connectivity index (χ4n) is 5.03. The Labute approximate surface area is 233 Å². The van der Waals surface area contributed by atoms with E-state index < -0.39 is 15.9 Å². The lowest BCUT2D eigenvalue weighted by atomic mass is 9.98. The van der Waals surface area contributed by atoms with E-state index in [1.807, 2.05) is 16.7 Å². The van der Waals surface area contributed by atoms with Gasteiger partial charge in [0, 0.05) is 28.9 Å². The van der Waals surface area contributed by atoms with Crippen LogP contribution in [0.1, 0.15) is 77.1 Å². The van der Waals surface area contributed by atoms with Crippen LogP contribution in [0.2, 0.25) is 5.02 Å². The first-order chi connectivity index (χ1) is 18.7. The number of sulfone groups is 1. The van der Waals surface area contributed by atoms with Crippen molar-refractivity contribution < 1.29 is 18.3 Å². The Morgan fingerprint density at radius 3 is 2.51 bits per heavy atom. The fraction of sp³-hybridized carbons (Fsp3) is 0.333. The van der Waals surface area contributed by atoms with Crippen molar-refractivity contribution in [2.75, 3.05) is 12.4 Å². The van der Waals surface area contributed by atoms with Crippen molar-refractivity contribution in [3.8, 4) is 0 Å². The number of nitrogens with one attached hydrogen (secondary N) is 1. The Morgan fingerprint density at radius 2 is 1.87 bits per heavy atom. The van der Waals surface area contributed by atoms with Gasteiger partial charge in [0.05, 0.1) is 29.0 Å². The molecule has 2 heterocycles. The van der Waals surface area contributed by atoms with E-state index in [1.54, 1.807) is 31.2 Å². The Bertz CT molecular complexity index is 1630. The zero-order chi connectivity index (χ0) is 27.7. The molecule has 0 saturated heterocycles. The molecule has 0 unspecified atom stereocenters. The number of carbonyl (C=O) groups excluding carboxylic acids is 1. The molecule has 1 aliphatic rings. The van der Waals surface area contributed by atoms with Crippen LogP contribution in [0, 0.1) is 0 Å². The maximum absolute atomic E-state index is 13.1. The van der Waals surface area contributed by atoms with Gasteiger partial charge < -0.3 is 14.8 Å². The summed E-state index contributed by atoms with van der Waals surface area (Å²) in [6.07, 6.45) is 5.74. The van der Waals surface area contributed by atoms with Crippen molar-refractivity contribution in [1.29, 1.82) is 0 Å². The summed E-state index contributed by atoms with van der Waals surface area (Å²) < 4.78 is 26.2. The molecule has 1 aliphatic carbocycles. The predicted octanol–water partition coefficient (Wildman–Crippen LogP) is 5.28. The van der Waals surface area contributed by atoms with Crippen molar-refractivity contribution in [3.05, 3.63) is 99.5 Å². The number of aliphatic hydroxyl groups excluding tert-OH is 1. The summed E-state index contributed by atoms with van der Waals surface area (Å²) in [6, 6.07) is 15.2. The van der Waals surface area contributed by atoms with Gasteiger partial charge in [-0.15, -0.1) is 0 Å². The number of halogens is 1. The molecule has 0 radical (unpaired) electrons. The number of aryl methyl sites for hydroxylation is 1. The van der Waals surface area contributed by atoms with Crippen LogP contribution in [-0.2, 0) is 22.7 Å². The van der Waals surface area contributed by atoms with Crippen molar-refractivity contribution >= 4 is 33.0 Å². The maximum atomic E-state index is 13.1. The van der Waals surface area contributed by atoms with Gasteiger partial charge in [-0.25, -0.2) is 13.4 Å². The van der Waals surface area contributed by atoms with Gasteiger partial charge in [0.1, 0.15) is 5.65 Å². The number of benzene rings is 2. The molecule has 4 aromatic rings. The van der Waals surface area contributed by atoms with Gasteiger partial charge in [0.2, 0.25) is 0 Å². The van der Waals surface area contributed by atoms with Crippen molar-refractivity contribution in [2.24, 2.45) is 0 Å². The number of fused-ring (bicyclic) bond motifs is 1. The molecule has 1 amide bonds. The Hall–Kier alpha value is -3.20. The van der Waals surface area contributed by atoms with Gasteiger partial charge in [-0.05, 0) is 78.3 Å². The highest BCUT2D eigenvalue weighted by atomic mass is 35.5. The lowest BCUT2D eigenvalue weighted by Gasteiger charge is -2.17. The van der Waals surface area contributed by atoms with Crippen LogP contribution in [-0.4, -0.2) is 41.2 Å². The second kappa shape index (κ2) is 11.1. The van der Waals surface area contributed by atoms with Crippen LogP contribution < -0.4 is 5.32 Å². The number of aliphatic hydroxyl groups is 1. The minimum Gasteiger partial charge on any atom is -0.394 e. The average molecular weight is 566 g/mol. The van der Waals surface area contributed by atoms with Crippen molar-refractivity contribution in [2.45, 2.75) is 56.4 Å². The highest BCUT2D eigenvalue weighted by Gasteiger charge is 2.27. The quantitative estimate of drug-likeness (QED) is 0.273. The topological polar surface area (TPSA) is 101 Å². The summed E-state index contributed by atoms with van der Waals surface area (Å²) in [7, 11) is -3.33. The number of amides is 1. The summed E-state index contributed by atoms with van der Waals surface area (Å²) in [6.45, 7) is 3.36. The monoisotopic (exact) mass is 565 g/mol. The van der Waals surface area contributed by atoms with Gasteiger partial charge in [0.15, 0.2) is 9.84 Å². The second-order valence-electron chi connectivity index (χ2n) is 9.98. The van der Waals surface area contributed by atoms with Crippen LogP contribution in [0.25, 0.3) is 5.65 Å². The van der Waals surface area contributed by atoms with Gasteiger partial charge in [0.25, 0.3) is 5.91 Å². The van der Waals surface area contributed by atoms with Crippen molar-refractivity contribution in [3.63, 3.8) is 0 Å². The van der Waals surface area contributed by atoms with E-state index in [0.29, 0.717) is 29.1 Å². The molecule has 9 heteroatoms. The summed E-state index contributed by atoms with van der Waals surface area (Å²) in [5.41, 5.74) is 6.35. The van der Waals surface area contributed by atoms with Gasteiger partial charge in [-0.1, -0.05) is 43.6 Å². The maximum Gasteiger partial charge on any atom is 0.252 e. The lowest BCUT2D eigenvalue weighted by Crippen LogP contribution is -2.30. The number of hydrogen-bond donors (Lipinski definition) is 2. The third-order valence-corrected chi connectivity index (χ3v) is 9.38. The molecule has 0 bridgehead atoms. The Morgan fingerprint density at radius 1 is 1.13 bits per heavy atom. The van der Waals surface area contributed by atoms with Crippen LogP contribution in [0.5, 0.6) is 0 Å². The second-order valence-corrected chi connectivity index (χ2v) is 12.7. The SMILES string of the molecule is CCc1c(Cc2ccc(Cl)cc2C2CC2)nc2cc(C(=O)N[C@@H](CO)c3ccc(S(=O)(=O)CC)cc3)ccn12. The number of rotatable bonds is 10. The molecule has 2 aromatic heterocycles. The molecule has 2 N–H and O–H groups in total. The zero-order valence-electron chi connectivity index (χ0n) is 22.0. The molecule has 2 aromatic carbocycles. The number of pyridine rings is 1. The molecular weight excluding hydrogens is 534 g/mol. The Kier molecular flexibility index (Phi) is 7.80. The number of imidazole rings is 1. The largest absolute Gasteiger partial charge is 0.394 e. The van der Waals surface area contributed by atoms with E-state index in [2.05, 4.69) is 24.4 Å². The van der Waals surface area contributed by atoms with E-state index in [0.717, 1.165) is 22.8 Å². The first-order valence-electron chi connectivity index (χ1n) is 13.3. The lowest BCUT2D eigenvalue weighted by molar-refractivity contribution is 0.0916. The van der Waals surface area contributed by atoms with E-state index in [9.17, 15) is 18.3 Å². The molecule has 204 valence electrons. The molecule has 0 spiro atoms. The van der Waals surface area contributed by atoms with Gasteiger partial charge >= 0.3 is 0 Å². The van der Waals surface area contributed by atoms with Gasteiger partial charge in [-0.3, -0.25) is 4.79 Å². The van der Waals surface area contributed by atoms with E-state index in [4.69, 9.17) is 16.6 Å². The third-order valence-electron chi connectivity index (χ3n) is 7.40. The number of nitrogens with zero attached hydrogens (tertiary/aromatic N) is 2. The summed E-state index contributed by atoms with van der Waals surface area (Å²) in [5.74, 6) is 0.229. The molecular formula is C30H32ClN3O4S. The summed E-state index contributed by atoms with van der Waals surface area (Å²) >= 11 is 6.28. The van der Waals surface area contributed by atoms with Gasteiger partial charge in [-0.2, -0.15) is 0 Å². The van der Waals surface area contributed by atoms with Crippen LogP contribution in [0.15, 0.2) is 65.7 Å². The summed E-state index contributed by atoms with van der Waals surface area (Å²) in [4.78, 5) is 18.3. The zero-order valence-corrected chi connectivity index (χ0v) is 23.6. The molecule has 1 fully saturated rings. The van der Waals surface area contributed by atoms with E-state index >= 15 is 0 Å². The van der Waals surface area contributed by atoms with E-state index in [1.165, 1.54) is 36.1 Å². The molecule has 7 nitrogen and oxygen atoms in total. The molecule has 39 heavy (non-hydrogen) atoms. The molecule has 0 aliphatic heterocycles. The summed E-state index contributed by atoms with van der Waals surface area (Å²) in [5, 5.41) is 13.6. The van der Waals surface area contributed by atoms with E-state index in [-0.39, 0.29) is 23.2 Å². The molecule has 1 atom stereocenters. The normalized spacial score (nSPS) is 14.5. The van der Waals surface area contributed by atoms with Crippen LogP contribution >= 0.6 is 11.6 Å². The average Bonchev–Trinajstić information content (AvgIpc) is 3.73. The first kappa shape index (κ1) is 27.4. The predicted molar refractivity (Wildman–Crippen MR) is 152 cm³/mol.